The first kappa shape index (κ1) is 33.6. The molecule has 248 valence electrons. The molecule has 0 radical (unpaired) electrons. The molecule has 2 heterocycles. The number of hydrogen-bond acceptors (Lipinski definition) is 6. The van der Waals surface area contributed by atoms with E-state index >= 15 is 0 Å². The molecule has 2 atom stereocenters. The number of nitrogens with one attached hydrogen (secondary N) is 4. The van der Waals surface area contributed by atoms with E-state index in [0.29, 0.717) is 44.8 Å². The number of benzene rings is 3. The summed E-state index contributed by atoms with van der Waals surface area (Å²) < 4.78 is 25.7. The van der Waals surface area contributed by atoms with Crippen molar-refractivity contribution in [1.82, 2.24) is 21.3 Å². The second kappa shape index (κ2) is 16.2. The van der Waals surface area contributed by atoms with Crippen LogP contribution in [0.3, 0.4) is 0 Å². The number of hydrogen-bond donors (Lipinski definition) is 4. The van der Waals surface area contributed by atoms with E-state index in [1.165, 1.54) is 12.1 Å². The molecule has 3 aromatic rings. The Morgan fingerprint density at radius 2 is 1.68 bits per heavy atom. The molecule has 2 aliphatic heterocycles. The van der Waals surface area contributed by atoms with Crippen molar-refractivity contribution >= 4 is 23.6 Å². The van der Waals surface area contributed by atoms with E-state index in [0.717, 1.165) is 11.1 Å². The van der Waals surface area contributed by atoms with Gasteiger partial charge in [-0.2, -0.15) is 0 Å². The summed E-state index contributed by atoms with van der Waals surface area (Å²) in [4.78, 5) is 53.7. The predicted octanol–water partition coefficient (Wildman–Crippen LogP) is 3.20. The molecule has 1 saturated heterocycles. The summed E-state index contributed by atoms with van der Waals surface area (Å²) in [6.45, 7) is 1.66. The van der Waals surface area contributed by atoms with Gasteiger partial charge in [-0.15, -0.1) is 0 Å². The van der Waals surface area contributed by atoms with Crippen LogP contribution in [-0.2, 0) is 31.0 Å². The van der Waals surface area contributed by atoms with Crippen molar-refractivity contribution in [3.8, 4) is 5.75 Å². The van der Waals surface area contributed by atoms with E-state index in [1.807, 2.05) is 36.4 Å². The molecule has 0 aliphatic carbocycles. The number of halogens is 1. The number of fused-ring (bicyclic) bond motifs is 1. The zero-order valence-corrected chi connectivity index (χ0v) is 26.3. The number of para-hydroxylation sites is 1. The molecule has 5 rings (SSSR count). The van der Waals surface area contributed by atoms with Gasteiger partial charge < -0.3 is 30.7 Å². The molecule has 11 heteroatoms. The van der Waals surface area contributed by atoms with Crippen molar-refractivity contribution in [3.63, 3.8) is 0 Å². The van der Waals surface area contributed by atoms with Crippen LogP contribution in [0.15, 0.2) is 78.9 Å². The Kier molecular flexibility index (Phi) is 11.6. The Labute approximate surface area is 273 Å². The maximum atomic E-state index is 14.2. The van der Waals surface area contributed by atoms with E-state index in [4.69, 9.17) is 9.47 Å². The van der Waals surface area contributed by atoms with Crippen LogP contribution in [0.5, 0.6) is 5.75 Å². The molecule has 0 aromatic heterocycles. The zero-order chi connectivity index (χ0) is 33.1. The molecule has 10 nitrogen and oxygen atoms in total. The highest BCUT2D eigenvalue weighted by Crippen LogP contribution is 2.34. The molecule has 2 aliphatic rings. The van der Waals surface area contributed by atoms with Crippen molar-refractivity contribution in [1.29, 1.82) is 0 Å². The van der Waals surface area contributed by atoms with Crippen LogP contribution in [0.2, 0.25) is 0 Å². The highest BCUT2D eigenvalue weighted by atomic mass is 19.1. The first-order valence-corrected chi connectivity index (χ1v) is 16.1. The van der Waals surface area contributed by atoms with Crippen LogP contribution in [-0.4, -0.2) is 68.6 Å². The summed E-state index contributed by atoms with van der Waals surface area (Å²) in [7, 11) is 0. The topological polar surface area (TPSA) is 135 Å². The summed E-state index contributed by atoms with van der Waals surface area (Å²) >= 11 is 0. The Bertz CT molecular complexity index is 1550. The molecule has 4 amide bonds. The van der Waals surface area contributed by atoms with Gasteiger partial charge in [-0.25, -0.2) is 4.39 Å². The number of carbonyl (C=O) groups excluding carboxylic acids is 4. The fourth-order valence-electron chi connectivity index (χ4n) is 6.00. The maximum absolute atomic E-state index is 14.2. The monoisotopic (exact) mass is 644 g/mol. The summed E-state index contributed by atoms with van der Waals surface area (Å²) in [6, 6.07) is 20.5. The van der Waals surface area contributed by atoms with E-state index in [1.54, 1.807) is 30.3 Å². The minimum atomic E-state index is -1.08. The third-order valence-electron chi connectivity index (χ3n) is 8.71. The molecular weight excluding hydrogens is 603 g/mol. The van der Waals surface area contributed by atoms with Crippen LogP contribution in [0.1, 0.15) is 53.6 Å². The van der Waals surface area contributed by atoms with E-state index in [9.17, 15) is 23.6 Å². The highest BCUT2D eigenvalue weighted by Gasteiger charge is 2.36. The average Bonchev–Trinajstić information content (AvgIpc) is 3.09. The molecule has 0 saturated carbocycles. The number of ether oxygens (including phenoxy) is 2. The lowest BCUT2D eigenvalue weighted by Gasteiger charge is -2.38. The normalized spacial score (nSPS) is 20.8. The first-order chi connectivity index (χ1) is 22.8. The van der Waals surface area contributed by atoms with Gasteiger partial charge in [0, 0.05) is 44.6 Å². The zero-order valence-electron chi connectivity index (χ0n) is 26.3. The van der Waals surface area contributed by atoms with Crippen molar-refractivity contribution in [3.05, 3.63) is 101 Å². The number of carbonyl (C=O) groups is 4. The molecule has 4 N–H and O–H groups in total. The fraction of sp³-hybridized carbons (Fsp3) is 0.389. The Hall–Kier alpha value is -4.77. The third-order valence-corrected chi connectivity index (χ3v) is 8.71. The summed E-state index contributed by atoms with van der Waals surface area (Å²) in [6.07, 6.45) is 1.75. The molecule has 0 bridgehead atoms. The fourth-order valence-corrected chi connectivity index (χ4v) is 6.00. The number of amides is 4. The van der Waals surface area contributed by atoms with Gasteiger partial charge in [0.05, 0.1) is 12.2 Å². The smallest absolute Gasteiger partial charge is 0.255 e. The van der Waals surface area contributed by atoms with Crippen LogP contribution >= 0.6 is 0 Å². The molecule has 0 unspecified atom stereocenters. The van der Waals surface area contributed by atoms with Crippen LogP contribution < -0.4 is 26.0 Å². The minimum absolute atomic E-state index is 0.0256. The first-order valence-electron chi connectivity index (χ1n) is 16.1. The summed E-state index contributed by atoms with van der Waals surface area (Å²) in [5.74, 6) is -1.77. The van der Waals surface area contributed by atoms with Gasteiger partial charge in [-0.3, -0.25) is 19.2 Å². The second-order valence-electron chi connectivity index (χ2n) is 12.0. The van der Waals surface area contributed by atoms with Gasteiger partial charge in [-0.1, -0.05) is 54.6 Å². The minimum Gasteiger partial charge on any atom is -0.493 e. The molecule has 47 heavy (non-hydrogen) atoms. The third kappa shape index (κ3) is 9.16. The van der Waals surface area contributed by atoms with Gasteiger partial charge >= 0.3 is 0 Å². The lowest BCUT2D eigenvalue weighted by Crippen LogP contribution is -2.52. The van der Waals surface area contributed by atoms with E-state index in [2.05, 4.69) is 21.3 Å². The summed E-state index contributed by atoms with van der Waals surface area (Å²) in [5, 5.41) is 11.5. The van der Waals surface area contributed by atoms with Crippen LogP contribution in [0.25, 0.3) is 0 Å². The van der Waals surface area contributed by atoms with Gasteiger partial charge in [0.25, 0.3) is 5.91 Å². The van der Waals surface area contributed by atoms with Gasteiger partial charge in [0.15, 0.2) is 0 Å². The second-order valence-corrected chi connectivity index (χ2v) is 12.0. The van der Waals surface area contributed by atoms with Gasteiger partial charge in [-0.05, 0) is 61.1 Å². The Morgan fingerprint density at radius 3 is 2.47 bits per heavy atom. The molecule has 0 spiro atoms. The van der Waals surface area contributed by atoms with Crippen molar-refractivity contribution in [2.24, 2.45) is 0 Å². The van der Waals surface area contributed by atoms with Crippen LogP contribution in [0, 0.1) is 5.82 Å². The molecule has 1 fully saturated rings. The van der Waals surface area contributed by atoms with Crippen molar-refractivity contribution in [2.45, 2.75) is 56.0 Å². The van der Waals surface area contributed by atoms with Crippen molar-refractivity contribution in [2.75, 3.05) is 32.9 Å². The highest BCUT2D eigenvalue weighted by molar-refractivity contribution is 5.99. The van der Waals surface area contributed by atoms with Crippen molar-refractivity contribution < 1.29 is 33.0 Å². The predicted molar refractivity (Wildman–Crippen MR) is 173 cm³/mol. The Balaban J connectivity index is 1.36. The average molecular weight is 645 g/mol. The largest absolute Gasteiger partial charge is 0.493 e. The maximum Gasteiger partial charge on any atom is 0.255 e. The SMILES string of the molecule is O=C1CC[C@@H](C(=O)NCC2(c3cccc(F)c3)CCOCC2)NC(=O)c2ccccc2OCCCNC(=O)[C@H](Cc2ccccc2)N1. The quantitative estimate of drug-likeness (QED) is 0.326. The summed E-state index contributed by atoms with van der Waals surface area (Å²) in [5.41, 5.74) is 1.33. The van der Waals surface area contributed by atoms with E-state index < -0.39 is 35.2 Å². The standard InChI is InChI=1S/C36H41FN4O6/c37-27-11-6-10-26(23-27)36(16-20-46-21-17-36)24-39-34(44)29-14-15-32(42)40-30(22-25-8-2-1-3-9-25)35(45)38-18-7-19-47-31-13-5-4-12-28(31)33(43)41-29/h1-6,8-13,23,29-30H,7,14-22,24H2,(H,38,45)(H,39,44)(H,40,42)(H,41,43)/t29-,30-/m0/s1. The lowest BCUT2D eigenvalue weighted by atomic mass is 9.74. The molecular formula is C36H41FN4O6. The van der Waals surface area contributed by atoms with E-state index in [-0.39, 0.29) is 49.7 Å². The van der Waals surface area contributed by atoms with Gasteiger partial charge in [0.2, 0.25) is 17.7 Å². The Morgan fingerprint density at radius 1 is 0.915 bits per heavy atom. The number of rotatable bonds is 6. The molecule has 3 aromatic carbocycles. The van der Waals surface area contributed by atoms with Crippen LogP contribution in [0.4, 0.5) is 4.39 Å². The van der Waals surface area contributed by atoms with Gasteiger partial charge in [0.1, 0.15) is 23.7 Å². The lowest BCUT2D eigenvalue weighted by molar-refractivity contribution is -0.129.